The van der Waals surface area contributed by atoms with Gasteiger partial charge >= 0.3 is 5.69 Å². The number of benzene rings is 2. The summed E-state index contributed by atoms with van der Waals surface area (Å²) >= 11 is 0. The lowest BCUT2D eigenvalue weighted by atomic mass is 10.2. The Morgan fingerprint density at radius 2 is 1.97 bits per heavy atom. The van der Waals surface area contributed by atoms with Gasteiger partial charge in [-0.15, -0.1) is 0 Å². The first kappa shape index (κ1) is 22.6. The van der Waals surface area contributed by atoms with Gasteiger partial charge in [0.25, 0.3) is 5.91 Å². The summed E-state index contributed by atoms with van der Waals surface area (Å²) in [5.41, 5.74) is 0.367. The number of amides is 1. The summed E-state index contributed by atoms with van der Waals surface area (Å²) in [6, 6.07) is 7.00. The number of carbonyl (C=O) groups excluding carboxylic acids is 1. The topological polar surface area (TPSA) is 128 Å². The van der Waals surface area contributed by atoms with Crippen molar-refractivity contribution in [2.75, 3.05) is 38.2 Å². The van der Waals surface area contributed by atoms with E-state index < -0.39 is 39.0 Å². The zero-order valence-corrected chi connectivity index (χ0v) is 17.4. The van der Waals surface area contributed by atoms with Crippen LogP contribution in [0.2, 0.25) is 0 Å². The van der Waals surface area contributed by atoms with E-state index in [1.807, 2.05) is 0 Å². The van der Waals surface area contributed by atoms with E-state index >= 15 is 0 Å². The summed E-state index contributed by atoms with van der Waals surface area (Å²) in [7, 11) is -3.76. The molecule has 1 fully saturated rings. The van der Waals surface area contributed by atoms with Crippen molar-refractivity contribution in [1.82, 2.24) is 4.31 Å². The van der Waals surface area contributed by atoms with Crippen molar-refractivity contribution in [3.8, 4) is 5.75 Å². The molecule has 1 amide bonds. The second-order valence-electron chi connectivity index (χ2n) is 6.70. The molecule has 0 bridgehead atoms. The minimum absolute atomic E-state index is 0.0111. The molecule has 0 unspecified atom stereocenters. The van der Waals surface area contributed by atoms with Crippen molar-refractivity contribution in [1.29, 1.82) is 0 Å². The second-order valence-corrected chi connectivity index (χ2v) is 8.64. The molecule has 1 N–H and O–H groups in total. The minimum atomic E-state index is -3.76. The molecule has 31 heavy (non-hydrogen) atoms. The molecule has 0 saturated carbocycles. The summed E-state index contributed by atoms with van der Waals surface area (Å²) in [4.78, 5) is 22.6. The number of carbonyl (C=O) groups is 1. The Labute approximate surface area is 177 Å². The zero-order valence-electron chi connectivity index (χ0n) is 16.5. The van der Waals surface area contributed by atoms with Crippen LogP contribution in [0, 0.1) is 22.9 Å². The fourth-order valence-corrected chi connectivity index (χ4v) is 4.35. The molecule has 1 heterocycles. The van der Waals surface area contributed by atoms with E-state index in [-0.39, 0.29) is 29.4 Å². The number of nitrogens with one attached hydrogen (secondary N) is 1. The molecular formula is C19H20FN3O7S. The number of nitro benzene ring substituents is 1. The fraction of sp³-hybridized carbons (Fsp3) is 0.316. The van der Waals surface area contributed by atoms with Crippen molar-refractivity contribution in [2.45, 2.75) is 11.8 Å². The number of morpholine rings is 1. The van der Waals surface area contributed by atoms with E-state index in [1.54, 1.807) is 13.0 Å². The highest BCUT2D eigenvalue weighted by Gasteiger charge is 2.27. The maximum atomic E-state index is 13.4. The van der Waals surface area contributed by atoms with Gasteiger partial charge in [-0.2, -0.15) is 4.31 Å². The number of halogens is 1. The smallest absolute Gasteiger partial charge is 0.311 e. The quantitative estimate of drug-likeness (QED) is 0.502. The van der Waals surface area contributed by atoms with Gasteiger partial charge < -0.3 is 14.8 Å². The van der Waals surface area contributed by atoms with Crippen LogP contribution in [0.5, 0.6) is 5.75 Å². The van der Waals surface area contributed by atoms with Gasteiger partial charge in [-0.1, -0.05) is 6.07 Å². The van der Waals surface area contributed by atoms with Gasteiger partial charge in [-0.25, -0.2) is 12.8 Å². The summed E-state index contributed by atoms with van der Waals surface area (Å²) in [5.74, 6) is -1.83. The minimum Gasteiger partial charge on any atom is -0.477 e. The van der Waals surface area contributed by atoms with Crippen LogP contribution >= 0.6 is 0 Å². The molecule has 2 aromatic rings. The predicted octanol–water partition coefficient (Wildman–Crippen LogP) is 2.08. The number of rotatable bonds is 7. The first-order chi connectivity index (χ1) is 14.7. The van der Waals surface area contributed by atoms with E-state index in [2.05, 4.69) is 5.32 Å². The maximum absolute atomic E-state index is 13.4. The van der Waals surface area contributed by atoms with Crippen molar-refractivity contribution in [3.05, 3.63) is 57.9 Å². The van der Waals surface area contributed by atoms with Gasteiger partial charge in [0.15, 0.2) is 6.61 Å². The van der Waals surface area contributed by atoms with Crippen LogP contribution in [0.1, 0.15) is 5.56 Å². The molecule has 12 heteroatoms. The number of nitrogens with zero attached hydrogens (tertiary/aromatic N) is 2. The first-order valence-corrected chi connectivity index (χ1v) is 10.7. The molecule has 3 rings (SSSR count). The van der Waals surface area contributed by atoms with E-state index in [0.29, 0.717) is 18.8 Å². The third-order valence-corrected chi connectivity index (χ3v) is 6.46. The summed E-state index contributed by atoms with van der Waals surface area (Å²) < 4.78 is 50.6. The van der Waals surface area contributed by atoms with E-state index in [1.165, 1.54) is 16.4 Å². The largest absolute Gasteiger partial charge is 0.477 e. The normalized spacial score (nSPS) is 14.8. The summed E-state index contributed by atoms with van der Waals surface area (Å²) in [5, 5.41) is 13.5. The number of aryl methyl sites for hydroxylation is 1. The van der Waals surface area contributed by atoms with Crippen LogP contribution in [0.25, 0.3) is 0 Å². The second kappa shape index (κ2) is 9.37. The maximum Gasteiger partial charge on any atom is 0.311 e. The third-order valence-electron chi connectivity index (χ3n) is 4.57. The Bertz CT molecular complexity index is 1100. The molecule has 0 aliphatic carbocycles. The number of ether oxygens (including phenoxy) is 2. The lowest BCUT2D eigenvalue weighted by Crippen LogP contribution is -2.40. The average Bonchev–Trinajstić information content (AvgIpc) is 2.74. The Morgan fingerprint density at radius 1 is 1.26 bits per heavy atom. The van der Waals surface area contributed by atoms with E-state index in [4.69, 9.17) is 9.47 Å². The van der Waals surface area contributed by atoms with Gasteiger partial charge in [0.05, 0.1) is 23.0 Å². The van der Waals surface area contributed by atoms with Gasteiger partial charge in [0.2, 0.25) is 15.8 Å². The van der Waals surface area contributed by atoms with Crippen LogP contribution in [0.4, 0.5) is 15.8 Å². The van der Waals surface area contributed by atoms with E-state index in [9.17, 15) is 27.7 Å². The first-order valence-electron chi connectivity index (χ1n) is 9.23. The van der Waals surface area contributed by atoms with Crippen molar-refractivity contribution in [3.63, 3.8) is 0 Å². The van der Waals surface area contributed by atoms with Crippen molar-refractivity contribution in [2.24, 2.45) is 0 Å². The number of hydrogen-bond donors (Lipinski definition) is 1. The lowest BCUT2D eigenvalue weighted by Gasteiger charge is -2.26. The molecular weight excluding hydrogens is 433 g/mol. The lowest BCUT2D eigenvalue weighted by molar-refractivity contribution is -0.385. The fourth-order valence-electron chi connectivity index (χ4n) is 2.92. The van der Waals surface area contributed by atoms with Gasteiger partial charge in [0, 0.05) is 30.9 Å². The molecule has 0 spiro atoms. The molecule has 0 atom stereocenters. The number of sulfonamides is 1. The zero-order chi connectivity index (χ0) is 22.6. The Hall–Kier alpha value is -3.09. The molecule has 10 nitrogen and oxygen atoms in total. The number of nitro groups is 1. The molecule has 166 valence electrons. The highest BCUT2D eigenvalue weighted by Crippen LogP contribution is 2.28. The van der Waals surface area contributed by atoms with Crippen LogP contribution < -0.4 is 10.1 Å². The van der Waals surface area contributed by atoms with Crippen LogP contribution in [-0.2, 0) is 19.6 Å². The van der Waals surface area contributed by atoms with Crippen LogP contribution in [0.3, 0.4) is 0 Å². The standard InChI is InChI=1S/C19H20FN3O7S/c1-13-2-4-15(31(27,28)22-6-8-29-9-7-22)11-16(13)21-19(24)12-30-18-10-14(20)3-5-17(18)23(25)26/h2-5,10-11H,6-9,12H2,1H3,(H,21,24). The third kappa shape index (κ3) is 5.34. The average molecular weight is 453 g/mol. The van der Waals surface area contributed by atoms with E-state index in [0.717, 1.165) is 18.2 Å². The molecule has 0 aromatic heterocycles. The summed E-state index contributed by atoms with van der Waals surface area (Å²) in [6.07, 6.45) is 0. The summed E-state index contributed by atoms with van der Waals surface area (Å²) in [6.45, 7) is 2.12. The van der Waals surface area contributed by atoms with Gasteiger partial charge in [0.1, 0.15) is 5.82 Å². The highest BCUT2D eigenvalue weighted by atomic mass is 32.2. The monoisotopic (exact) mass is 453 g/mol. The Kier molecular flexibility index (Phi) is 6.83. The van der Waals surface area contributed by atoms with Gasteiger partial charge in [-0.05, 0) is 30.7 Å². The molecule has 1 aliphatic rings. The van der Waals surface area contributed by atoms with Crippen LogP contribution in [-0.4, -0.2) is 56.5 Å². The molecule has 2 aromatic carbocycles. The SMILES string of the molecule is Cc1ccc(S(=O)(=O)N2CCOCC2)cc1NC(=O)COc1cc(F)ccc1[N+](=O)[O-]. The Balaban J connectivity index is 1.73. The van der Waals surface area contributed by atoms with Crippen LogP contribution in [0.15, 0.2) is 41.3 Å². The van der Waals surface area contributed by atoms with Gasteiger partial charge in [-0.3, -0.25) is 14.9 Å². The molecule has 1 saturated heterocycles. The number of hydrogen-bond acceptors (Lipinski definition) is 7. The Morgan fingerprint density at radius 3 is 2.65 bits per heavy atom. The molecule has 0 radical (unpaired) electrons. The highest BCUT2D eigenvalue weighted by molar-refractivity contribution is 7.89. The van der Waals surface area contributed by atoms with Crippen molar-refractivity contribution >= 4 is 27.3 Å². The van der Waals surface area contributed by atoms with Crippen molar-refractivity contribution < 1.29 is 32.0 Å². The molecule has 1 aliphatic heterocycles. The predicted molar refractivity (Wildman–Crippen MR) is 108 cm³/mol. The number of anilines is 1.